The summed E-state index contributed by atoms with van der Waals surface area (Å²) < 4.78 is 5.27. The third-order valence-electron chi connectivity index (χ3n) is 2.94. The van der Waals surface area contributed by atoms with Crippen molar-refractivity contribution in [1.29, 1.82) is 0 Å². The topological polar surface area (TPSA) is 63.3 Å². The molecule has 0 fully saturated rings. The number of rotatable bonds is 6. The van der Waals surface area contributed by atoms with Crippen LogP contribution in [0, 0.1) is 12.8 Å². The maximum absolute atomic E-state index is 10.7. The molecule has 0 saturated carbocycles. The number of carbonyl (C=O) groups is 1. The Morgan fingerprint density at radius 3 is 2.75 bits per heavy atom. The van der Waals surface area contributed by atoms with E-state index in [2.05, 4.69) is 5.16 Å². The molecule has 0 radical (unpaired) electrons. The van der Waals surface area contributed by atoms with E-state index in [0.29, 0.717) is 11.5 Å². The molecular formula is C15H17NO3S. The zero-order chi connectivity index (χ0) is 14.5. The lowest BCUT2D eigenvalue weighted by Gasteiger charge is -2.03. The normalized spacial score (nSPS) is 12.3. The van der Waals surface area contributed by atoms with Gasteiger partial charge in [-0.05, 0) is 6.92 Å². The Balaban J connectivity index is 1.92. The molecule has 0 spiro atoms. The maximum atomic E-state index is 10.7. The fourth-order valence-corrected chi connectivity index (χ4v) is 2.60. The van der Waals surface area contributed by atoms with Crippen LogP contribution in [0.4, 0.5) is 0 Å². The van der Waals surface area contributed by atoms with Crippen LogP contribution in [0.25, 0.3) is 11.3 Å². The molecule has 0 aliphatic rings. The summed E-state index contributed by atoms with van der Waals surface area (Å²) in [7, 11) is 0. The first-order valence-corrected chi connectivity index (χ1v) is 7.55. The van der Waals surface area contributed by atoms with E-state index in [1.165, 1.54) is 17.3 Å². The van der Waals surface area contributed by atoms with Gasteiger partial charge >= 0.3 is 5.97 Å². The van der Waals surface area contributed by atoms with Gasteiger partial charge in [0.15, 0.2) is 0 Å². The van der Waals surface area contributed by atoms with Gasteiger partial charge in [-0.1, -0.05) is 41.9 Å². The third kappa shape index (κ3) is 3.87. The average molecular weight is 291 g/mol. The van der Waals surface area contributed by atoms with Gasteiger partial charge in [0, 0.05) is 17.4 Å². The summed E-state index contributed by atoms with van der Waals surface area (Å²) in [5.74, 6) is 0.852. The molecule has 1 unspecified atom stereocenters. The molecule has 1 heterocycles. The molecule has 106 valence electrons. The van der Waals surface area contributed by atoms with Crippen molar-refractivity contribution in [2.45, 2.75) is 19.6 Å². The summed E-state index contributed by atoms with van der Waals surface area (Å²) in [6.07, 6.45) is 0. The third-order valence-corrected chi connectivity index (χ3v) is 4.16. The first kappa shape index (κ1) is 14.7. The van der Waals surface area contributed by atoms with Gasteiger partial charge in [-0.3, -0.25) is 4.79 Å². The summed E-state index contributed by atoms with van der Waals surface area (Å²) in [6, 6.07) is 10.00. The number of thioether (sulfide) groups is 1. The van der Waals surface area contributed by atoms with Gasteiger partial charge in [-0.25, -0.2) is 0 Å². The van der Waals surface area contributed by atoms with Gasteiger partial charge in [0.05, 0.1) is 11.7 Å². The lowest BCUT2D eigenvalue weighted by molar-refractivity contribution is -0.140. The van der Waals surface area contributed by atoms with Crippen molar-refractivity contribution in [2.75, 3.05) is 5.75 Å². The fraction of sp³-hybridized carbons (Fsp3) is 0.333. The lowest BCUT2D eigenvalue weighted by Crippen LogP contribution is -2.11. The molecule has 0 saturated heterocycles. The predicted molar refractivity (Wildman–Crippen MR) is 79.6 cm³/mol. The Morgan fingerprint density at radius 2 is 2.10 bits per heavy atom. The Kier molecular flexibility index (Phi) is 4.84. The smallest absolute Gasteiger partial charge is 0.307 e. The molecule has 0 bridgehead atoms. The maximum Gasteiger partial charge on any atom is 0.307 e. The van der Waals surface area contributed by atoms with E-state index >= 15 is 0 Å². The minimum absolute atomic E-state index is 0.348. The van der Waals surface area contributed by atoms with Crippen LogP contribution in [0.1, 0.15) is 18.2 Å². The number of aliphatic carboxylic acids is 1. The molecule has 0 aliphatic carbocycles. The van der Waals surface area contributed by atoms with E-state index in [0.717, 1.165) is 17.0 Å². The Morgan fingerprint density at radius 1 is 1.40 bits per heavy atom. The molecule has 1 aromatic carbocycles. The number of aryl methyl sites for hydroxylation is 1. The van der Waals surface area contributed by atoms with Crippen LogP contribution in [-0.2, 0) is 10.5 Å². The minimum Gasteiger partial charge on any atom is -0.481 e. The highest BCUT2D eigenvalue weighted by Crippen LogP contribution is 2.22. The number of carboxylic acid groups (broad SMARTS) is 1. The van der Waals surface area contributed by atoms with E-state index in [1.54, 1.807) is 6.92 Å². The summed E-state index contributed by atoms with van der Waals surface area (Å²) in [4.78, 5) is 10.7. The summed E-state index contributed by atoms with van der Waals surface area (Å²) in [5, 5.41) is 12.8. The quantitative estimate of drug-likeness (QED) is 0.881. The first-order valence-electron chi connectivity index (χ1n) is 6.39. The molecule has 20 heavy (non-hydrogen) atoms. The Bertz CT molecular complexity index is 577. The lowest BCUT2D eigenvalue weighted by atomic mass is 10.1. The fourth-order valence-electron chi connectivity index (χ4n) is 1.65. The van der Waals surface area contributed by atoms with Gasteiger partial charge in [0.1, 0.15) is 11.5 Å². The first-order chi connectivity index (χ1) is 9.56. The van der Waals surface area contributed by atoms with Crippen molar-refractivity contribution < 1.29 is 14.4 Å². The van der Waals surface area contributed by atoms with Crippen LogP contribution < -0.4 is 0 Å². The van der Waals surface area contributed by atoms with Crippen LogP contribution in [0.15, 0.2) is 34.9 Å². The largest absolute Gasteiger partial charge is 0.481 e. The molecule has 2 aromatic rings. The SMILES string of the molecule is Cc1ccc(-c2cc(CSCC(C)C(=O)O)on2)cc1. The van der Waals surface area contributed by atoms with Crippen molar-refractivity contribution in [3.05, 3.63) is 41.7 Å². The molecule has 0 aliphatic heterocycles. The van der Waals surface area contributed by atoms with Crippen molar-refractivity contribution in [3.63, 3.8) is 0 Å². The van der Waals surface area contributed by atoms with E-state index in [4.69, 9.17) is 9.63 Å². The molecule has 5 heteroatoms. The zero-order valence-electron chi connectivity index (χ0n) is 11.5. The van der Waals surface area contributed by atoms with Gasteiger partial charge in [0.25, 0.3) is 0 Å². The zero-order valence-corrected chi connectivity index (χ0v) is 12.3. The monoisotopic (exact) mass is 291 g/mol. The van der Waals surface area contributed by atoms with E-state index < -0.39 is 5.97 Å². The predicted octanol–water partition coefficient (Wildman–Crippen LogP) is 3.60. The second-order valence-electron chi connectivity index (χ2n) is 4.80. The van der Waals surface area contributed by atoms with E-state index in [9.17, 15) is 4.79 Å². The van der Waals surface area contributed by atoms with Gasteiger partial charge in [0.2, 0.25) is 0 Å². The second kappa shape index (κ2) is 6.61. The summed E-state index contributed by atoms with van der Waals surface area (Å²) >= 11 is 1.54. The summed E-state index contributed by atoms with van der Waals surface area (Å²) in [5.41, 5.74) is 3.04. The number of hydrogen-bond acceptors (Lipinski definition) is 4. The van der Waals surface area contributed by atoms with Gasteiger partial charge < -0.3 is 9.63 Å². The highest BCUT2D eigenvalue weighted by atomic mass is 32.2. The van der Waals surface area contributed by atoms with Crippen molar-refractivity contribution in [2.24, 2.45) is 5.92 Å². The second-order valence-corrected chi connectivity index (χ2v) is 5.83. The molecular weight excluding hydrogens is 274 g/mol. The van der Waals surface area contributed by atoms with Crippen LogP contribution in [0.5, 0.6) is 0 Å². The highest BCUT2D eigenvalue weighted by molar-refractivity contribution is 7.98. The van der Waals surface area contributed by atoms with Crippen molar-refractivity contribution in [3.8, 4) is 11.3 Å². The number of carboxylic acids is 1. The number of benzene rings is 1. The van der Waals surface area contributed by atoms with Crippen LogP contribution in [0.2, 0.25) is 0 Å². The Hall–Kier alpha value is -1.75. The minimum atomic E-state index is -0.768. The van der Waals surface area contributed by atoms with Gasteiger partial charge in [-0.15, -0.1) is 0 Å². The molecule has 4 nitrogen and oxygen atoms in total. The highest BCUT2D eigenvalue weighted by Gasteiger charge is 2.12. The van der Waals surface area contributed by atoms with Crippen LogP contribution in [-0.4, -0.2) is 22.0 Å². The van der Waals surface area contributed by atoms with E-state index in [-0.39, 0.29) is 5.92 Å². The molecule has 2 rings (SSSR count). The van der Waals surface area contributed by atoms with Crippen molar-refractivity contribution >= 4 is 17.7 Å². The average Bonchev–Trinajstić information content (AvgIpc) is 2.88. The van der Waals surface area contributed by atoms with Gasteiger partial charge in [-0.2, -0.15) is 11.8 Å². The molecule has 0 amide bonds. The molecule has 1 aromatic heterocycles. The van der Waals surface area contributed by atoms with E-state index in [1.807, 2.05) is 37.3 Å². The van der Waals surface area contributed by atoms with Crippen molar-refractivity contribution in [1.82, 2.24) is 5.16 Å². The number of aromatic nitrogens is 1. The number of nitrogens with zero attached hydrogens (tertiary/aromatic N) is 1. The van der Waals surface area contributed by atoms with Crippen LogP contribution >= 0.6 is 11.8 Å². The molecule has 1 N–H and O–H groups in total. The molecule has 1 atom stereocenters. The Labute approximate surface area is 122 Å². The standard InChI is InChI=1S/C15H17NO3S/c1-10-3-5-12(6-4-10)14-7-13(19-16-14)9-20-8-11(2)15(17)18/h3-7,11H,8-9H2,1-2H3,(H,17,18). The van der Waals surface area contributed by atoms with Crippen LogP contribution in [0.3, 0.4) is 0 Å². The number of hydrogen-bond donors (Lipinski definition) is 1. The summed E-state index contributed by atoms with van der Waals surface area (Å²) in [6.45, 7) is 3.74.